The lowest BCUT2D eigenvalue weighted by atomic mass is 10.4. The predicted octanol–water partition coefficient (Wildman–Crippen LogP) is 3.06. The zero-order chi connectivity index (χ0) is 13.3. The summed E-state index contributed by atoms with van der Waals surface area (Å²) in [5.74, 6) is -0.0512. The second kappa shape index (κ2) is 5.12. The van der Waals surface area contributed by atoms with E-state index in [9.17, 15) is 8.42 Å². The van der Waals surface area contributed by atoms with Crippen LogP contribution in [0.1, 0.15) is 5.56 Å². The third-order valence-electron chi connectivity index (χ3n) is 1.95. The van der Waals surface area contributed by atoms with Gasteiger partial charge >= 0.3 is 0 Å². The molecule has 0 aliphatic heterocycles. The Morgan fingerprint density at radius 3 is 2.78 bits per heavy atom. The van der Waals surface area contributed by atoms with Crippen molar-refractivity contribution in [1.29, 1.82) is 0 Å². The highest BCUT2D eigenvalue weighted by molar-refractivity contribution is 9.11. The molecule has 2 heterocycles. The summed E-state index contributed by atoms with van der Waals surface area (Å²) in [7, 11) is -3.68. The van der Waals surface area contributed by atoms with Crippen LogP contribution in [0.15, 0.2) is 26.3 Å². The minimum absolute atomic E-state index is 0.0512. The summed E-state index contributed by atoms with van der Waals surface area (Å²) in [5.41, 5.74) is 0.854. The molecule has 0 atom stereocenters. The first kappa shape index (κ1) is 13.7. The standard InChI is InChI=1S/C9H7BrClN3O2S2/c1-5-4-7(17-8(5)10)18(15,16)14-9-12-3-2-6(11)13-9/h2-4H,1H3,(H,12,13,14). The van der Waals surface area contributed by atoms with Crippen LogP contribution in [0.2, 0.25) is 5.15 Å². The normalized spacial score (nSPS) is 11.5. The summed E-state index contributed by atoms with van der Waals surface area (Å²) in [4.78, 5) is 7.56. The minimum Gasteiger partial charge on any atom is -0.246 e. The highest BCUT2D eigenvalue weighted by Gasteiger charge is 2.19. The van der Waals surface area contributed by atoms with Crippen molar-refractivity contribution in [3.63, 3.8) is 0 Å². The molecule has 1 N–H and O–H groups in total. The van der Waals surface area contributed by atoms with E-state index in [1.165, 1.54) is 12.3 Å². The van der Waals surface area contributed by atoms with Crippen molar-refractivity contribution in [2.24, 2.45) is 0 Å². The summed E-state index contributed by atoms with van der Waals surface area (Å²) in [5, 5.41) is 0.172. The second-order valence-electron chi connectivity index (χ2n) is 3.33. The largest absolute Gasteiger partial charge is 0.273 e. The Labute approximate surface area is 121 Å². The Balaban J connectivity index is 2.33. The molecule has 0 unspecified atom stereocenters. The summed E-state index contributed by atoms with van der Waals surface area (Å²) in [6, 6.07) is 3.03. The van der Waals surface area contributed by atoms with Gasteiger partial charge in [0.15, 0.2) is 0 Å². The number of thiophene rings is 1. The Morgan fingerprint density at radius 2 is 2.22 bits per heavy atom. The fourth-order valence-electron chi connectivity index (χ4n) is 1.12. The summed E-state index contributed by atoms with van der Waals surface area (Å²) in [6.07, 6.45) is 1.38. The third-order valence-corrected chi connectivity index (χ3v) is 6.10. The maximum Gasteiger partial charge on any atom is 0.273 e. The molecule has 9 heteroatoms. The lowest BCUT2D eigenvalue weighted by molar-refractivity contribution is 0.602. The van der Waals surface area contributed by atoms with E-state index in [2.05, 4.69) is 30.6 Å². The monoisotopic (exact) mass is 367 g/mol. The average molecular weight is 369 g/mol. The van der Waals surface area contributed by atoms with E-state index in [0.29, 0.717) is 0 Å². The molecule has 0 fully saturated rings. The molecule has 0 aromatic carbocycles. The summed E-state index contributed by atoms with van der Waals surface area (Å²) in [6.45, 7) is 1.81. The number of hydrogen-bond acceptors (Lipinski definition) is 5. The minimum atomic E-state index is -3.68. The van der Waals surface area contributed by atoms with Crippen LogP contribution in [-0.4, -0.2) is 18.4 Å². The molecule has 2 aromatic heterocycles. The Hall–Kier alpha value is -0.700. The van der Waals surface area contributed by atoms with E-state index in [1.54, 1.807) is 6.07 Å². The Kier molecular flexibility index (Phi) is 3.90. The van der Waals surface area contributed by atoms with Gasteiger partial charge in [-0.05, 0) is 40.5 Å². The van der Waals surface area contributed by atoms with Crippen molar-refractivity contribution < 1.29 is 8.42 Å². The summed E-state index contributed by atoms with van der Waals surface area (Å²) < 4.78 is 27.3. The zero-order valence-corrected chi connectivity index (χ0v) is 13.0. The molecule has 0 saturated carbocycles. The molecule has 2 aromatic rings. The van der Waals surface area contributed by atoms with Crippen molar-refractivity contribution in [3.05, 3.63) is 32.8 Å². The van der Waals surface area contributed by atoms with Gasteiger partial charge in [-0.2, -0.15) is 0 Å². The van der Waals surface area contributed by atoms with Gasteiger partial charge in [0.1, 0.15) is 9.36 Å². The van der Waals surface area contributed by atoms with Crippen LogP contribution >= 0.6 is 38.9 Å². The maximum absolute atomic E-state index is 12.0. The van der Waals surface area contributed by atoms with E-state index in [0.717, 1.165) is 20.7 Å². The predicted molar refractivity (Wildman–Crippen MR) is 74.6 cm³/mol. The first-order valence-electron chi connectivity index (χ1n) is 4.66. The van der Waals surface area contributed by atoms with Gasteiger partial charge in [-0.15, -0.1) is 11.3 Å². The van der Waals surface area contributed by atoms with E-state index >= 15 is 0 Å². The van der Waals surface area contributed by atoms with Crippen LogP contribution in [0.5, 0.6) is 0 Å². The Bertz CT molecular complexity index is 667. The molecular weight excluding hydrogens is 362 g/mol. The van der Waals surface area contributed by atoms with Crippen molar-refractivity contribution in [2.75, 3.05) is 4.72 Å². The molecule has 96 valence electrons. The fourth-order valence-corrected chi connectivity index (χ4v) is 4.43. The van der Waals surface area contributed by atoms with Crippen molar-refractivity contribution in [1.82, 2.24) is 9.97 Å². The molecule has 0 radical (unpaired) electrons. The number of hydrogen-bond donors (Lipinski definition) is 1. The van der Waals surface area contributed by atoms with Crippen LogP contribution in [-0.2, 0) is 10.0 Å². The fraction of sp³-hybridized carbons (Fsp3) is 0.111. The molecule has 0 saturated heterocycles. The van der Waals surface area contributed by atoms with Crippen LogP contribution in [0.25, 0.3) is 0 Å². The van der Waals surface area contributed by atoms with Gasteiger partial charge in [0, 0.05) is 6.20 Å². The van der Waals surface area contributed by atoms with Crippen LogP contribution in [0, 0.1) is 6.92 Å². The average Bonchev–Trinajstić information content (AvgIpc) is 2.59. The molecular formula is C9H7BrClN3O2S2. The molecule has 0 bridgehead atoms. The van der Waals surface area contributed by atoms with E-state index in [1.807, 2.05) is 6.92 Å². The van der Waals surface area contributed by atoms with Gasteiger partial charge in [-0.25, -0.2) is 23.1 Å². The van der Waals surface area contributed by atoms with E-state index in [-0.39, 0.29) is 15.3 Å². The molecule has 0 amide bonds. The summed E-state index contributed by atoms with van der Waals surface area (Å²) >= 11 is 10.1. The van der Waals surface area contributed by atoms with Gasteiger partial charge in [0.05, 0.1) is 3.79 Å². The van der Waals surface area contributed by atoms with Crippen LogP contribution < -0.4 is 4.72 Å². The lowest BCUT2D eigenvalue weighted by Crippen LogP contribution is -2.13. The van der Waals surface area contributed by atoms with E-state index < -0.39 is 10.0 Å². The number of anilines is 1. The topological polar surface area (TPSA) is 72.0 Å². The van der Waals surface area contributed by atoms with Crippen molar-refractivity contribution in [2.45, 2.75) is 11.1 Å². The highest BCUT2D eigenvalue weighted by Crippen LogP contribution is 2.31. The SMILES string of the molecule is Cc1cc(S(=O)(=O)Nc2nccc(Cl)n2)sc1Br. The van der Waals surface area contributed by atoms with E-state index in [4.69, 9.17) is 11.6 Å². The number of aromatic nitrogens is 2. The first-order chi connectivity index (χ1) is 8.38. The first-order valence-corrected chi connectivity index (χ1v) is 8.13. The zero-order valence-electron chi connectivity index (χ0n) is 9.02. The molecule has 0 aliphatic carbocycles. The second-order valence-corrected chi connectivity index (χ2v) is 8.00. The quantitative estimate of drug-likeness (QED) is 0.845. The molecule has 2 rings (SSSR count). The maximum atomic E-state index is 12.0. The number of aryl methyl sites for hydroxylation is 1. The van der Waals surface area contributed by atoms with Gasteiger partial charge in [-0.3, -0.25) is 0 Å². The highest BCUT2D eigenvalue weighted by atomic mass is 79.9. The number of rotatable bonds is 3. The third kappa shape index (κ3) is 3.00. The van der Waals surface area contributed by atoms with Crippen molar-refractivity contribution in [3.8, 4) is 0 Å². The molecule has 5 nitrogen and oxygen atoms in total. The number of nitrogens with one attached hydrogen (secondary N) is 1. The number of sulfonamides is 1. The number of nitrogens with zero attached hydrogens (tertiary/aromatic N) is 2. The smallest absolute Gasteiger partial charge is 0.246 e. The van der Waals surface area contributed by atoms with Gasteiger partial charge in [0.2, 0.25) is 5.95 Å². The molecule has 0 spiro atoms. The van der Waals surface area contributed by atoms with Crippen LogP contribution in [0.4, 0.5) is 5.95 Å². The van der Waals surface area contributed by atoms with Crippen molar-refractivity contribution >= 4 is 54.8 Å². The lowest BCUT2D eigenvalue weighted by Gasteiger charge is -2.03. The van der Waals surface area contributed by atoms with Gasteiger partial charge in [0.25, 0.3) is 10.0 Å². The van der Waals surface area contributed by atoms with Gasteiger partial charge < -0.3 is 0 Å². The Morgan fingerprint density at radius 1 is 1.50 bits per heavy atom. The number of halogens is 2. The van der Waals surface area contributed by atoms with Gasteiger partial charge in [-0.1, -0.05) is 11.6 Å². The van der Waals surface area contributed by atoms with Crippen LogP contribution in [0.3, 0.4) is 0 Å². The molecule has 0 aliphatic rings. The molecule has 18 heavy (non-hydrogen) atoms.